The van der Waals surface area contributed by atoms with Crippen LogP contribution < -0.4 is 5.32 Å². The van der Waals surface area contributed by atoms with E-state index < -0.39 is 10.0 Å². The van der Waals surface area contributed by atoms with Crippen LogP contribution in [0, 0.1) is 13.8 Å². The molecule has 20 heavy (non-hydrogen) atoms. The second-order valence-corrected chi connectivity index (χ2v) is 7.18. The average molecular weight is 300 g/mol. The van der Waals surface area contributed by atoms with E-state index in [-0.39, 0.29) is 6.04 Å². The number of piperidine rings is 1. The number of nitrogens with zero attached hydrogens (tertiary/aromatic N) is 3. The van der Waals surface area contributed by atoms with Crippen molar-refractivity contribution < 1.29 is 8.42 Å². The SMILES string of the molecule is CCn1nc(C)c(S(=O)(=O)N2CCCC(NC)C2)c1C. The van der Waals surface area contributed by atoms with Gasteiger partial charge >= 0.3 is 0 Å². The summed E-state index contributed by atoms with van der Waals surface area (Å²) in [7, 11) is -1.56. The van der Waals surface area contributed by atoms with E-state index in [0.29, 0.717) is 30.2 Å². The van der Waals surface area contributed by atoms with Crippen molar-refractivity contribution in [3.63, 3.8) is 0 Å². The molecule has 1 unspecified atom stereocenters. The van der Waals surface area contributed by atoms with Gasteiger partial charge in [0.25, 0.3) is 0 Å². The zero-order valence-electron chi connectivity index (χ0n) is 12.7. The van der Waals surface area contributed by atoms with E-state index in [0.717, 1.165) is 18.5 Å². The number of nitrogens with one attached hydrogen (secondary N) is 1. The highest BCUT2D eigenvalue weighted by Crippen LogP contribution is 2.26. The third-order valence-electron chi connectivity index (χ3n) is 4.00. The van der Waals surface area contributed by atoms with E-state index >= 15 is 0 Å². The Balaban J connectivity index is 2.37. The van der Waals surface area contributed by atoms with E-state index in [1.54, 1.807) is 15.9 Å². The van der Waals surface area contributed by atoms with E-state index in [4.69, 9.17) is 0 Å². The summed E-state index contributed by atoms with van der Waals surface area (Å²) in [5.74, 6) is 0. The quantitative estimate of drug-likeness (QED) is 0.897. The Morgan fingerprint density at radius 1 is 1.40 bits per heavy atom. The minimum Gasteiger partial charge on any atom is -0.316 e. The minimum absolute atomic E-state index is 0.236. The van der Waals surface area contributed by atoms with E-state index in [1.165, 1.54) is 0 Å². The van der Waals surface area contributed by atoms with Gasteiger partial charge < -0.3 is 5.32 Å². The van der Waals surface area contributed by atoms with Crippen molar-refractivity contribution in [2.24, 2.45) is 0 Å². The van der Waals surface area contributed by atoms with Crippen LogP contribution in [0.15, 0.2) is 4.90 Å². The van der Waals surface area contributed by atoms with Gasteiger partial charge in [0.15, 0.2) is 0 Å². The summed E-state index contributed by atoms with van der Waals surface area (Å²) in [6.45, 7) is 7.38. The van der Waals surface area contributed by atoms with Gasteiger partial charge in [-0.3, -0.25) is 4.68 Å². The highest BCUT2D eigenvalue weighted by molar-refractivity contribution is 7.89. The van der Waals surface area contributed by atoms with Crippen molar-refractivity contribution in [2.75, 3.05) is 20.1 Å². The van der Waals surface area contributed by atoms with Crippen LogP contribution in [0.4, 0.5) is 0 Å². The van der Waals surface area contributed by atoms with Crippen LogP contribution in [0.1, 0.15) is 31.2 Å². The first-order valence-electron chi connectivity index (χ1n) is 7.13. The van der Waals surface area contributed by atoms with Gasteiger partial charge in [0.1, 0.15) is 4.90 Å². The Labute approximate surface area is 121 Å². The molecule has 0 amide bonds. The molecule has 2 heterocycles. The number of rotatable bonds is 4. The fraction of sp³-hybridized carbons (Fsp3) is 0.769. The molecule has 0 aliphatic carbocycles. The van der Waals surface area contributed by atoms with Gasteiger partial charge in [-0.05, 0) is 40.7 Å². The van der Waals surface area contributed by atoms with E-state index in [2.05, 4.69) is 10.4 Å². The van der Waals surface area contributed by atoms with Crippen molar-refractivity contribution in [3.8, 4) is 0 Å². The summed E-state index contributed by atoms with van der Waals surface area (Å²) in [4.78, 5) is 0.385. The van der Waals surface area contributed by atoms with Crippen molar-refractivity contribution in [3.05, 3.63) is 11.4 Å². The normalized spacial score (nSPS) is 21.3. The lowest BCUT2D eigenvalue weighted by Gasteiger charge is -2.31. The van der Waals surface area contributed by atoms with Gasteiger partial charge in [0, 0.05) is 25.7 Å². The minimum atomic E-state index is -3.45. The Morgan fingerprint density at radius 2 is 2.10 bits per heavy atom. The number of hydrogen-bond donors (Lipinski definition) is 1. The maximum Gasteiger partial charge on any atom is 0.246 e. The number of likely N-dealkylation sites (N-methyl/N-ethyl adjacent to an activating group) is 1. The van der Waals surface area contributed by atoms with Crippen LogP contribution in [-0.2, 0) is 16.6 Å². The second kappa shape index (κ2) is 5.83. The van der Waals surface area contributed by atoms with Crippen molar-refractivity contribution >= 4 is 10.0 Å². The van der Waals surface area contributed by atoms with Crippen molar-refractivity contribution in [1.82, 2.24) is 19.4 Å². The summed E-state index contributed by atoms with van der Waals surface area (Å²) in [6.07, 6.45) is 1.92. The van der Waals surface area contributed by atoms with Crippen LogP contribution in [0.25, 0.3) is 0 Å². The molecule has 1 atom stereocenters. The summed E-state index contributed by atoms with van der Waals surface area (Å²) in [5, 5.41) is 7.50. The zero-order chi connectivity index (χ0) is 14.9. The predicted molar refractivity (Wildman–Crippen MR) is 78.2 cm³/mol. The molecule has 0 spiro atoms. The zero-order valence-corrected chi connectivity index (χ0v) is 13.5. The molecule has 0 bridgehead atoms. The molecule has 1 saturated heterocycles. The van der Waals surface area contributed by atoms with Crippen LogP contribution in [0.5, 0.6) is 0 Å². The average Bonchev–Trinajstić information content (AvgIpc) is 2.73. The lowest BCUT2D eigenvalue weighted by Crippen LogP contribution is -2.47. The van der Waals surface area contributed by atoms with Gasteiger partial charge in [-0.25, -0.2) is 8.42 Å². The smallest absolute Gasteiger partial charge is 0.246 e. The van der Waals surface area contributed by atoms with Crippen LogP contribution in [0.2, 0.25) is 0 Å². The monoisotopic (exact) mass is 300 g/mol. The summed E-state index contributed by atoms with van der Waals surface area (Å²) in [6, 6.07) is 0.236. The van der Waals surface area contributed by atoms with Crippen LogP contribution in [0.3, 0.4) is 0 Å². The van der Waals surface area contributed by atoms with E-state index in [9.17, 15) is 8.42 Å². The molecule has 1 fully saturated rings. The summed E-state index contributed by atoms with van der Waals surface area (Å²) in [5.41, 5.74) is 1.33. The molecule has 1 aromatic heterocycles. The Bertz CT molecular complexity index is 579. The van der Waals surface area contributed by atoms with Gasteiger partial charge in [0.05, 0.1) is 11.4 Å². The molecule has 1 aromatic rings. The fourth-order valence-electron chi connectivity index (χ4n) is 2.89. The number of hydrogen-bond acceptors (Lipinski definition) is 4. The van der Waals surface area contributed by atoms with Gasteiger partial charge in [-0.1, -0.05) is 0 Å². The first kappa shape index (κ1) is 15.5. The van der Waals surface area contributed by atoms with Gasteiger partial charge in [-0.15, -0.1) is 0 Å². The highest BCUT2D eigenvalue weighted by Gasteiger charge is 2.33. The van der Waals surface area contributed by atoms with E-state index in [1.807, 2.05) is 20.9 Å². The van der Waals surface area contributed by atoms with Crippen molar-refractivity contribution in [1.29, 1.82) is 0 Å². The molecule has 7 heteroatoms. The molecule has 0 aromatic carbocycles. The largest absolute Gasteiger partial charge is 0.316 e. The predicted octanol–water partition coefficient (Wildman–Crippen LogP) is 0.892. The third-order valence-corrected chi connectivity index (χ3v) is 6.12. The van der Waals surface area contributed by atoms with Crippen LogP contribution >= 0.6 is 0 Å². The van der Waals surface area contributed by atoms with Gasteiger partial charge in [0.2, 0.25) is 10.0 Å². The molecular weight excluding hydrogens is 276 g/mol. The topological polar surface area (TPSA) is 67.2 Å². The lowest BCUT2D eigenvalue weighted by molar-refractivity contribution is 0.292. The Kier molecular flexibility index (Phi) is 4.51. The Morgan fingerprint density at radius 3 is 2.65 bits per heavy atom. The maximum absolute atomic E-state index is 12.9. The molecule has 114 valence electrons. The highest BCUT2D eigenvalue weighted by atomic mass is 32.2. The summed E-state index contributed by atoms with van der Waals surface area (Å²) < 4.78 is 29.1. The Hall–Kier alpha value is -0.920. The van der Waals surface area contributed by atoms with Gasteiger partial charge in [-0.2, -0.15) is 9.40 Å². The molecule has 1 aliphatic rings. The standard InChI is InChI=1S/C13H24N4O2S/c1-5-17-11(3)13(10(2)15-17)20(18,19)16-8-6-7-12(9-16)14-4/h12,14H,5-9H2,1-4H3. The summed E-state index contributed by atoms with van der Waals surface area (Å²) >= 11 is 0. The maximum atomic E-state index is 12.9. The molecule has 0 radical (unpaired) electrons. The molecule has 1 N–H and O–H groups in total. The second-order valence-electron chi connectivity index (χ2n) is 5.31. The molecule has 0 saturated carbocycles. The number of aromatic nitrogens is 2. The lowest BCUT2D eigenvalue weighted by atomic mass is 10.1. The number of aryl methyl sites for hydroxylation is 2. The molecule has 1 aliphatic heterocycles. The van der Waals surface area contributed by atoms with Crippen molar-refractivity contribution in [2.45, 2.75) is 51.1 Å². The molecule has 6 nitrogen and oxygen atoms in total. The number of sulfonamides is 1. The first-order chi connectivity index (χ1) is 9.41. The molecule has 2 rings (SSSR count). The first-order valence-corrected chi connectivity index (χ1v) is 8.57. The van der Waals surface area contributed by atoms with Crippen LogP contribution in [-0.4, -0.2) is 48.7 Å². The third kappa shape index (κ3) is 2.62. The molecular formula is C13H24N4O2S. The fourth-order valence-corrected chi connectivity index (χ4v) is 4.78.